The van der Waals surface area contributed by atoms with E-state index in [4.69, 9.17) is 0 Å². The third kappa shape index (κ3) is 2.87. The van der Waals surface area contributed by atoms with Crippen molar-refractivity contribution >= 4 is 28.1 Å². The van der Waals surface area contributed by atoms with E-state index < -0.39 is 0 Å². The highest BCUT2D eigenvalue weighted by molar-refractivity contribution is 7.13. The first-order valence-corrected chi connectivity index (χ1v) is 6.64. The van der Waals surface area contributed by atoms with Gasteiger partial charge >= 0.3 is 0 Å². The standard InChI is InChI=1S/C13H15N3OS/c1-3-14-11-5-4-10(8-9(11)2)12(17)16-13-15-6-7-18-13/h4-8,14H,3H2,1-2H3,(H,15,16,17). The molecule has 18 heavy (non-hydrogen) atoms. The molecule has 4 nitrogen and oxygen atoms in total. The predicted octanol–water partition coefficient (Wildman–Crippen LogP) is 3.14. The van der Waals surface area contributed by atoms with Crippen LogP contribution in [0.4, 0.5) is 10.8 Å². The van der Waals surface area contributed by atoms with E-state index in [2.05, 4.69) is 15.6 Å². The fourth-order valence-electron chi connectivity index (χ4n) is 1.65. The van der Waals surface area contributed by atoms with E-state index in [1.807, 2.05) is 37.4 Å². The molecule has 0 bridgehead atoms. The van der Waals surface area contributed by atoms with Gasteiger partial charge in [0.1, 0.15) is 0 Å². The number of aryl methyl sites for hydroxylation is 1. The van der Waals surface area contributed by atoms with Crippen LogP contribution in [0.2, 0.25) is 0 Å². The molecule has 2 rings (SSSR count). The molecular weight excluding hydrogens is 246 g/mol. The van der Waals surface area contributed by atoms with Crippen molar-refractivity contribution in [1.29, 1.82) is 0 Å². The molecule has 0 radical (unpaired) electrons. The largest absolute Gasteiger partial charge is 0.385 e. The van der Waals surface area contributed by atoms with Crippen LogP contribution < -0.4 is 10.6 Å². The number of nitrogens with zero attached hydrogens (tertiary/aromatic N) is 1. The SMILES string of the molecule is CCNc1ccc(C(=O)Nc2nccs2)cc1C. The molecule has 0 fully saturated rings. The second-order valence-corrected chi connectivity index (χ2v) is 4.75. The van der Waals surface area contributed by atoms with E-state index >= 15 is 0 Å². The number of carbonyl (C=O) groups excluding carboxylic acids is 1. The highest BCUT2D eigenvalue weighted by Crippen LogP contribution is 2.18. The number of aromatic nitrogens is 1. The lowest BCUT2D eigenvalue weighted by Crippen LogP contribution is -2.12. The lowest BCUT2D eigenvalue weighted by atomic mass is 10.1. The van der Waals surface area contributed by atoms with E-state index in [0.29, 0.717) is 10.7 Å². The number of benzene rings is 1. The van der Waals surface area contributed by atoms with Gasteiger partial charge in [0.15, 0.2) is 5.13 Å². The Bertz CT molecular complexity index is 537. The molecule has 94 valence electrons. The number of amides is 1. The zero-order valence-electron chi connectivity index (χ0n) is 10.4. The number of anilines is 2. The zero-order valence-corrected chi connectivity index (χ0v) is 11.2. The van der Waals surface area contributed by atoms with Gasteiger partial charge in [-0.15, -0.1) is 11.3 Å². The summed E-state index contributed by atoms with van der Waals surface area (Å²) in [6, 6.07) is 5.62. The molecule has 5 heteroatoms. The van der Waals surface area contributed by atoms with Crippen LogP contribution in [0.25, 0.3) is 0 Å². The van der Waals surface area contributed by atoms with Gasteiger partial charge in [-0.1, -0.05) is 0 Å². The summed E-state index contributed by atoms with van der Waals surface area (Å²) in [5.41, 5.74) is 2.76. The highest BCUT2D eigenvalue weighted by atomic mass is 32.1. The third-order valence-corrected chi connectivity index (χ3v) is 3.20. The van der Waals surface area contributed by atoms with Crippen LogP contribution in [-0.4, -0.2) is 17.4 Å². The molecule has 0 saturated heterocycles. The number of carbonyl (C=O) groups is 1. The molecular formula is C13H15N3OS. The molecule has 1 amide bonds. The van der Waals surface area contributed by atoms with Gasteiger partial charge in [-0.3, -0.25) is 10.1 Å². The Morgan fingerprint density at radius 1 is 1.44 bits per heavy atom. The van der Waals surface area contributed by atoms with Crippen LogP contribution >= 0.6 is 11.3 Å². The minimum atomic E-state index is -0.129. The molecule has 0 unspecified atom stereocenters. The van der Waals surface area contributed by atoms with Crippen LogP contribution in [0, 0.1) is 6.92 Å². The minimum Gasteiger partial charge on any atom is -0.385 e. The molecule has 1 heterocycles. The fourth-order valence-corrected chi connectivity index (χ4v) is 2.17. The molecule has 0 aliphatic carbocycles. The summed E-state index contributed by atoms with van der Waals surface area (Å²) in [5.74, 6) is -0.129. The van der Waals surface area contributed by atoms with E-state index in [0.717, 1.165) is 17.8 Å². The first kappa shape index (κ1) is 12.6. The molecule has 0 aliphatic heterocycles. The fraction of sp³-hybridized carbons (Fsp3) is 0.231. The Morgan fingerprint density at radius 3 is 2.89 bits per heavy atom. The summed E-state index contributed by atoms with van der Waals surface area (Å²) in [5, 5.41) is 8.46. The number of thiazole rings is 1. The molecule has 0 aliphatic rings. The van der Waals surface area contributed by atoms with Gasteiger partial charge in [0, 0.05) is 29.4 Å². The van der Waals surface area contributed by atoms with Gasteiger partial charge in [0.2, 0.25) is 0 Å². The lowest BCUT2D eigenvalue weighted by Gasteiger charge is -2.09. The Morgan fingerprint density at radius 2 is 2.28 bits per heavy atom. The molecule has 0 saturated carbocycles. The smallest absolute Gasteiger partial charge is 0.257 e. The number of hydrogen-bond donors (Lipinski definition) is 2. The maximum absolute atomic E-state index is 12.0. The Kier molecular flexibility index (Phi) is 3.94. The molecule has 0 atom stereocenters. The Labute approximate surface area is 110 Å². The molecule has 1 aromatic heterocycles. The average Bonchev–Trinajstić information content (AvgIpc) is 2.84. The highest BCUT2D eigenvalue weighted by Gasteiger charge is 2.08. The van der Waals surface area contributed by atoms with Crippen molar-refractivity contribution in [2.75, 3.05) is 17.2 Å². The molecule has 1 aromatic carbocycles. The van der Waals surface area contributed by atoms with E-state index in [1.54, 1.807) is 6.20 Å². The average molecular weight is 261 g/mol. The minimum absolute atomic E-state index is 0.129. The van der Waals surface area contributed by atoms with Crippen molar-refractivity contribution in [1.82, 2.24) is 4.98 Å². The summed E-state index contributed by atoms with van der Waals surface area (Å²) >= 11 is 1.41. The van der Waals surface area contributed by atoms with Crippen LogP contribution in [0.1, 0.15) is 22.8 Å². The first-order valence-electron chi connectivity index (χ1n) is 5.76. The zero-order chi connectivity index (χ0) is 13.0. The topological polar surface area (TPSA) is 54.0 Å². The van der Waals surface area contributed by atoms with Crippen molar-refractivity contribution in [3.8, 4) is 0 Å². The van der Waals surface area contributed by atoms with E-state index in [-0.39, 0.29) is 5.91 Å². The maximum Gasteiger partial charge on any atom is 0.257 e. The Hall–Kier alpha value is -1.88. The van der Waals surface area contributed by atoms with Crippen LogP contribution in [-0.2, 0) is 0 Å². The van der Waals surface area contributed by atoms with Crippen molar-refractivity contribution in [2.45, 2.75) is 13.8 Å². The quantitative estimate of drug-likeness (QED) is 0.889. The lowest BCUT2D eigenvalue weighted by molar-refractivity contribution is 0.102. The van der Waals surface area contributed by atoms with Gasteiger partial charge in [0.05, 0.1) is 0 Å². The first-order chi connectivity index (χ1) is 8.70. The van der Waals surface area contributed by atoms with Crippen molar-refractivity contribution < 1.29 is 4.79 Å². The van der Waals surface area contributed by atoms with Gasteiger partial charge in [-0.05, 0) is 37.6 Å². The number of hydrogen-bond acceptors (Lipinski definition) is 4. The number of nitrogens with one attached hydrogen (secondary N) is 2. The van der Waals surface area contributed by atoms with Gasteiger partial charge in [-0.2, -0.15) is 0 Å². The molecule has 0 spiro atoms. The number of rotatable bonds is 4. The summed E-state index contributed by atoms with van der Waals surface area (Å²) in [4.78, 5) is 16.0. The summed E-state index contributed by atoms with van der Waals surface area (Å²) < 4.78 is 0. The van der Waals surface area contributed by atoms with Gasteiger partial charge in [-0.25, -0.2) is 4.98 Å². The molecule has 2 aromatic rings. The summed E-state index contributed by atoms with van der Waals surface area (Å²) in [7, 11) is 0. The van der Waals surface area contributed by atoms with Crippen molar-refractivity contribution in [3.05, 3.63) is 40.9 Å². The second kappa shape index (κ2) is 5.64. The third-order valence-electron chi connectivity index (χ3n) is 2.51. The van der Waals surface area contributed by atoms with Gasteiger partial charge < -0.3 is 5.32 Å². The van der Waals surface area contributed by atoms with Gasteiger partial charge in [0.25, 0.3) is 5.91 Å². The summed E-state index contributed by atoms with van der Waals surface area (Å²) in [6.07, 6.45) is 1.67. The predicted molar refractivity (Wildman–Crippen MR) is 75.4 cm³/mol. The van der Waals surface area contributed by atoms with Crippen LogP contribution in [0.15, 0.2) is 29.8 Å². The van der Waals surface area contributed by atoms with Crippen molar-refractivity contribution in [3.63, 3.8) is 0 Å². The maximum atomic E-state index is 12.0. The summed E-state index contributed by atoms with van der Waals surface area (Å²) in [6.45, 7) is 4.90. The molecule has 2 N–H and O–H groups in total. The second-order valence-electron chi connectivity index (χ2n) is 3.85. The van der Waals surface area contributed by atoms with Crippen LogP contribution in [0.5, 0.6) is 0 Å². The Balaban J connectivity index is 2.13. The van der Waals surface area contributed by atoms with E-state index in [9.17, 15) is 4.79 Å². The van der Waals surface area contributed by atoms with Crippen molar-refractivity contribution in [2.24, 2.45) is 0 Å². The normalized spacial score (nSPS) is 10.1. The van der Waals surface area contributed by atoms with Crippen LogP contribution in [0.3, 0.4) is 0 Å². The monoisotopic (exact) mass is 261 g/mol. The van der Waals surface area contributed by atoms with E-state index in [1.165, 1.54) is 11.3 Å².